The van der Waals surface area contributed by atoms with E-state index in [9.17, 15) is 0 Å². The zero-order chi connectivity index (χ0) is 11.8. The van der Waals surface area contributed by atoms with E-state index < -0.39 is 0 Å². The lowest BCUT2D eigenvalue weighted by Gasteiger charge is -2.00. The maximum absolute atomic E-state index is 4.48. The van der Waals surface area contributed by atoms with E-state index in [2.05, 4.69) is 26.7 Å². The van der Waals surface area contributed by atoms with Gasteiger partial charge in [0.1, 0.15) is 5.82 Å². The summed E-state index contributed by atoms with van der Waals surface area (Å²) >= 11 is 0. The predicted molar refractivity (Wildman–Crippen MR) is 65.1 cm³/mol. The van der Waals surface area contributed by atoms with E-state index >= 15 is 0 Å². The third-order valence-corrected chi connectivity index (χ3v) is 2.80. The van der Waals surface area contributed by atoms with E-state index in [0.29, 0.717) is 5.65 Å². The molecular formula is C12H13N5. The molecule has 86 valence electrons. The molecule has 0 amide bonds. The van der Waals surface area contributed by atoms with Crippen LogP contribution in [0.15, 0.2) is 30.3 Å². The Hall–Kier alpha value is -2.17. The molecule has 0 N–H and O–H groups in total. The molecule has 0 saturated heterocycles. The zero-order valence-corrected chi connectivity index (χ0v) is 9.83. The van der Waals surface area contributed by atoms with Gasteiger partial charge in [0.25, 0.3) is 0 Å². The van der Waals surface area contributed by atoms with E-state index in [1.54, 1.807) is 4.80 Å². The van der Waals surface area contributed by atoms with E-state index in [1.165, 1.54) is 0 Å². The molecule has 17 heavy (non-hydrogen) atoms. The van der Waals surface area contributed by atoms with Gasteiger partial charge < -0.3 is 4.57 Å². The molecule has 0 aliphatic carbocycles. The van der Waals surface area contributed by atoms with Crippen molar-refractivity contribution in [2.24, 2.45) is 0 Å². The Balaban J connectivity index is 2.18. The first-order valence-electron chi connectivity index (χ1n) is 5.65. The summed E-state index contributed by atoms with van der Waals surface area (Å²) in [6.45, 7) is 4.91. The highest BCUT2D eigenvalue weighted by molar-refractivity contribution is 5.66. The third kappa shape index (κ3) is 1.51. The summed E-state index contributed by atoms with van der Waals surface area (Å²) in [6, 6.07) is 9.86. The fraction of sp³-hybridized carbons (Fsp3) is 0.250. The smallest absolute Gasteiger partial charge is 0.221 e. The highest BCUT2D eigenvalue weighted by atomic mass is 15.5. The maximum atomic E-state index is 4.48. The van der Waals surface area contributed by atoms with Crippen LogP contribution in [0.3, 0.4) is 0 Å². The average molecular weight is 227 g/mol. The van der Waals surface area contributed by atoms with Gasteiger partial charge in [-0.15, -0.1) is 15.0 Å². The van der Waals surface area contributed by atoms with Crippen LogP contribution in [0.5, 0.6) is 0 Å². The Morgan fingerprint density at radius 1 is 1.12 bits per heavy atom. The lowest BCUT2D eigenvalue weighted by atomic mass is 10.3. The monoisotopic (exact) mass is 227 g/mol. The molecule has 0 unspecified atom stereocenters. The Morgan fingerprint density at radius 3 is 2.59 bits per heavy atom. The number of imidazole rings is 1. The van der Waals surface area contributed by atoms with Gasteiger partial charge in [-0.1, -0.05) is 18.2 Å². The summed E-state index contributed by atoms with van der Waals surface area (Å²) in [4.78, 5) is 6.03. The van der Waals surface area contributed by atoms with Crippen LogP contribution in [0.1, 0.15) is 12.7 Å². The topological polar surface area (TPSA) is 48.5 Å². The predicted octanol–water partition coefficient (Wildman–Crippen LogP) is 1.95. The zero-order valence-electron chi connectivity index (χ0n) is 9.83. The molecule has 0 fully saturated rings. The maximum Gasteiger partial charge on any atom is 0.221 e. The summed E-state index contributed by atoms with van der Waals surface area (Å²) in [5.74, 6) is 0.956. The van der Waals surface area contributed by atoms with Gasteiger partial charge >= 0.3 is 0 Å². The standard InChI is InChI=1S/C12H13N5/c1-3-16-9(2)13-11-12(16)15-17(14-11)10-7-5-4-6-8-10/h4-8H,3H2,1-2H3. The number of benzene rings is 1. The van der Waals surface area contributed by atoms with Crippen molar-refractivity contribution in [1.82, 2.24) is 24.5 Å². The van der Waals surface area contributed by atoms with Crippen LogP contribution in [0.2, 0.25) is 0 Å². The molecule has 0 atom stereocenters. The van der Waals surface area contributed by atoms with Gasteiger partial charge in [0.15, 0.2) is 0 Å². The summed E-state index contributed by atoms with van der Waals surface area (Å²) in [5.41, 5.74) is 2.49. The van der Waals surface area contributed by atoms with Crippen LogP contribution < -0.4 is 0 Å². The lowest BCUT2D eigenvalue weighted by molar-refractivity contribution is 0.705. The first kappa shape index (κ1) is 10.0. The fourth-order valence-electron chi connectivity index (χ4n) is 1.96. The molecule has 0 radical (unpaired) electrons. The van der Waals surface area contributed by atoms with Gasteiger partial charge in [-0.2, -0.15) is 0 Å². The summed E-state index contributed by atoms with van der Waals surface area (Å²) < 4.78 is 2.06. The minimum atomic E-state index is 0.702. The number of aromatic nitrogens is 5. The van der Waals surface area contributed by atoms with Crippen LogP contribution in [0, 0.1) is 6.92 Å². The Kier molecular flexibility index (Phi) is 2.18. The van der Waals surface area contributed by atoms with Crippen LogP contribution in [0.4, 0.5) is 0 Å². The molecule has 3 rings (SSSR count). The molecule has 5 nitrogen and oxygen atoms in total. The molecule has 0 spiro atoms. The van der Waals surface area contributed by atoms with Crippen LogP contribution in [-0.4, -0.2) is 24.5 Å². The van der Waals surface area contributed by atoms with Crippen molar-refractivity contribution in [2.75, 3.05) is 0 Å². The van der Waals surface area contributed by atoms with Gasteiger partial charge in [-0.25, -0.2) is 4.98 Å². The van der Waals surface area contributed by atoms with Crippen LogP contribution in [-0.2, 0) is 6.54 Å². The number of para-hydroxylation sites is 1. The van der Waals surface area contributed by atoms with E-state index in [0.717, 1.165) is 23.7 Å². The normalized spacial score (nSPS) is 11.2. The van der Waals surface area contributed by atoms with Crippen LogP contribution in [0.25, 0.3) is 17.0 Å². The van der Waals surface area contributed by atoms with Crippen molar-refractivity contribution in [3.63, 3.8) is 0 Å². The molecular weight excluding hydrogens is 214 g/mol. The van der Waals surface area contributed by atoms with E-state index in [-0.39, 0.29) is 0 Å². The number of fused-ring (bicyclic) bond motifs is 1. The second-order valence-electron chi connectivity index (χ2n) is 3.88. The highest BCUT2D eigenvalue weighted by Gasteiger charge is 2.12. The Labute approximate surface area is 98.7 Å². The van der Waals surface area contributed by atoms with Gasteiger partial charge in [-0.05, 0) is 26.0 Å². The summed E-state index contributed by atoms with van der Waals surface area (Å²) in [6.07, 6.45) is 0. The summed E-state index contributed by atoms with van der Waals surface area (Å²) in [5, 5.41) is 8.87. The SMILES string of the molecule is CCn1c(C)nc2nn(-c3ccccc3)nc21. The van der Waals surface area contributed by atoms with Crippen molar-refractivity contribution in [1.29, 1.82) is 0 Å². The van der Waals surface area contributed by atoms with Crippen molar-refractivity contribution in [3.8, 4) is 5.69 Å². The number of nitrogens with zero attached hydrogens (tertiary/aromatic N) is 5. The third-order valence-electron chi connectivity index (χ3n) is 2.80. The average Bonchev–Trinajstić information content (AvgIpc) is 2.86. The molecule has 0 aliphatic rings. The molecule has 3 aromatic rings. The highest BCUT2D eigenvalue weighted by Crippen LogP contribution is 2.13. The number of hydrogen-bond acceptors (Lipinski definition) is 3. The van der Waals surface area contributed by atoms with E-state index in [1.807, 2.05) is 37.3 Å². The van der Waals surface area contributed by atoms with Crippen molar-refractivity contribution in [2.45, 2.75) is 20.4 Å². The first-order valence-corrected chi connectivity index (χ1v) is 5.65. The lowest BCUT2D eigenvalue weighted by Crippen LogP contribution is -2.02. The first-order chi connectivity index (χ1) is 8.29. The van der Waals surface area contributed by atoms with Crippen molar-refractivity contribution in [3.05, 3.63) is 36.2 Å². The number of rotatable bonds is 2. The second-order valence-corrected chi connectivity index (χ2v) is 3.88. The van der Waals surface area contributed by atoms with Gasteiger partial charge in [0.05, 0.1) is 5.69 Å². The molecule has 1 aromatic carbocycles. The van der Waals surface area contributed by atoms with Crippen LogP contribution >= 0.6 is 0 Å². The number of hydrogen-bond donors (Lipinski definition) is 0. The van der Waals surface area contributed by atoms with Crippen molar-refractivity contribution >= 4 is 11.3 Å². The largest absolute Gasteiger partial charge is 0.310 e. The van der Waals surface area contributed by atoms with Crippen molar-refractivity contribution < 1.29 is 0 Å². The Bertz CT molecular complexity index is 650. The van der Waals surface area contributed by atoms with Gasteiger partial charge in [-0.3, -0.25) is 0 Å². The van der Waals surface area contributed by atoms with Gasteiger partial charge in [0.2, 0.25) is 11.3 Å². The van der Waals surface area contributed by atoms with E-state index in [4.69, 9.17) is 0 Å². The Morgan fingerprint density at radius 2 is 1.88 bits per heavy atom. The summed E-state index contributed by atoms with van der Waals surface area (Å²) in [7, 11) is 0. The molecule has 0 bridgehead atoms. The van der Waals surface area contributed by atoms with Gasteiger partial charge in [0, 0.05) is 6.54 Å². The second kappa shape index (κ2) is 3.69. The molecule has 2 heterocycles. The molecule has 0 aliphatic heterocycles. The number of aryl methyl sites for hydroxylation is 2. The minimum absolute atomic E-state index is 0.702. The molecule has 0 saturated carbocycles. The minimum Gasteiger partial charge on any atom is -0.310 e. The fourth-order valence-corrected chi connectivity index (χ4v) is 1.96. The molecule has 2 aromatic heterocycles. The molecule has 5 heteroatoms. The quantitative estimate of drug-likeness (QED) is 0.672.